The van der Waals surface area contributed by atoms with Crippen LogP contribution in [0.5, 0.6) is 0 Å². The Bertz CT molecular complexity index is 214. The maximum absolute atomic E-state index is 11.2. The molecule has 0 rings (SSSR count). The van der Waals surface area contributed by atoms with Crippen molar-refractivity contribution < 1.29 is 4.79 Å². The summed E-state index contributed by atoms with van der Waals surface area (Å²) in [6, 6.07) is 0. The zero-order valence-electron chi connectivity index (χ0n) is 7.63. The van der Waals surface area contributed by atoms with E-state index in [4.69, 9.17) is 0 Å². The number of hydrogen-bond donors (Lipinski definition) is 1. The summed E-state index contributed by atoms with van der Waals surface area (Å²) in [6.45, 7) is 7.90. The Labute approximate surface area is 73.7 Å². The molecule has 0 aromatic rings. The van der Waals surface area contributed by atoms with Gasteiger partial charge < -0.3 is 5.32 Å². The first-order chi connectivity index (χ1) is 5.76. The predicted octanol–water partition coefficient (Wildman–Crippen LogP) is 1.81. The van der Waals surface area contributed by atoms with Crippen molar-refractivity contribution in [2.24, 2.45) is 0 Å². The molecule has 0 saturated heterocycles. The number of allylic oxidation sites excluding steroid dienone is 3. The molecule has 0 saturated carbocycles. The fourth-order valence-electron chi connectivity index (χ4n) is 0.737. The van der Waals surface area contributed by atoms with Crippen LogP contribution < -0.4 is 5.32 Å². The number of carbonyl (C=O) groups excluding carboxylic acids is 1. The Morgan fingerprint density at radius 3 is 2.67 bits per heavy atom. The summed E-state index contributed by atoms with van der Waals surface area (Å²) in [5.74, 6) is -0.0434. The van der Waals surface area contributed by atoms with Gasteiger partial charge in [0.15, 0.2) is 0 Å². The van der Waals surface area contributed by atoms with Crippen LogP contribution in [-0.4, -0.2) is 12.5 Å². The molecule has 12 heavy (non-hydrogen) atoms. The molecule has 66 valence electrons. The van der Waals surface area contributed by atoms with Crippen molar-refractivity contribution in [1.82, 2.24) is 5.32 Å². The first-order valence-corrected chi connectivity index (χ1v) is 3.99. The minimum Gasteiger partial charge on any atom is -0.352 e. The van der Waals surface area contributed by atoms with E-state index in [1.807, 2.05) is 13.8 Å². The molecule has 0 spiro atoms. The number of amides is 1. The van der Waals surface area contributed by atoms with Gasteiger partial charge >= 0.3 is 0 Å². The number of rotatable bonds is 4. The minimum atomic E-state index is -0.0434. The van der Waals surface area contributed by atoms with Gasteiger partial charge in [0.2, 0.25) is 0 Å². The molecule has 0 radical (unpaired) electrons. The van der Waals surface area contributed by atoms with E-state index in [-0.39, 0.29) is 5.91 Å². The first kappa shape index (κ1) is 10.7. The molecule has 0 aliphatic carbocycles. The average molecular weight is 165 g/mol. The standard InChI is InChI=1S/C10H15NO/c1-4-7-8-9(5-2)10(12)11-6-3/h4-5,7-8H,1,6H2,2-3H3,(H,11,12)/b8-7-,9-5+. The van der Waals surface area contributed by atoms with Gasteiger partial charge in [-0.25, -0.2) is 0 Å². The fourth-order valence-corrected chi connectivity index (χ4v) is 0.737. The van der Waals surface area contributed by atoms with Crippen molar-refractivity contribution in [3.63, 3.8) is 0 Å². The molecule has 0 fully saturated rings. The van der Waals surface area contributed by atoms with E-state index < -0.39 is 0 Å². The van der Waals surface area contributed by atoms with E-state index >= 15 is 0 Å². The van der Waals surface area contributed by atoms with Crippen molar-refractivity contribution in [1.29, 1.82) is 0 Å². The van der Waals surface area contributed by atoms with E-state index in [0.29, 0.717) is 12.1 Å². The van der Waals surface area contributed by atoms with Crippen LogP contribution in [0.4, 0.5) is 0 Å². The van der Waals surface area contributed by atoms with Crippen LogP contribution in [0, 0.1) is 0 Å². The van der Waals surface area contributed by atoms with Gasteiger partial charge in [0.25, 0.3) is 5.91 Å². The number of hydrogen-bond acceptors (Lipinski definition) is 1. The summed E-state index contributed by atoms with van der Waals surface area (Å²) in [6.07, 6.45) is 6.89. The molecule has 0 aromatic carbocycles. The third-order valence-electron chi connectivity index (χ3n) is 1.32. The fraction of sp³-hybridized carbons (Fsp3) is 0.300. The molecule has 0 heterocycles. The molecule has 0 aromatic heterocycles. The quantitative estimate of drug-likeness (QED) is 0.499. The van der Waals surface area contributed by atoms with E-state index in [2.05, 4.69) is 11.9 Å². The molecule has 0 atom stereocenters. The third kappa shape index (κ3) is 3.76. The van der Waals surface area contributed by atoms with Gasteiger partial charge in [-0.1, -0.05) is 24.8 Å². The second-order valence-electron chi connectivity index (χ2n) is 2.20. The molecular weight excluding hydrogens is 150 g/mol. The van der Waals surface area contributed by atoms with Crippen molar-refractivity contribution in [3.8, 4) is 0 Å². The Balaban J connectivity index is 4.26. The van der Waals surface area contributed by atoms with Gasteiger partial charge in [-0.2, -0.15) is 0 Å². The Hall–Kier alpha value is -1.31. The molecule has 2 heteroatoms. The highest BCUT2D eigenvalue weighted by atomic mass is 16.1. The van der Waals surface area contributed by atoms with E-state index in [1.54, 1.807) is 24.3 Å². The van der Waals surface area contributed by atoms with Crippen LogP contribution in [0.25, 0.3) is 0 Å². The average Bonchev–Trinajstić information content (AvgIpc) is 2.06. The zero-order chi connectivity index (χ0) is 9.40. The van der Waals surface area contributed by atoms with Gasteiger partial charge in [0.1, 0.15) is 0 Å². The van der Waals surface area contributed by atoms with Gasteiger partial charge in [0.05, 0.1) is 0 Å². The van der Waals surface area contributed by atoms with Gasteiger partial charge in [-0.15, -0.1) is 0 Å². The highest BCUT2D eigenvalue weighted by molar-refractivity contribution is 5.96. The SMILES string of the molecule is C=C/C=C\C(=C/C)C(=O)NCC. The van der Waals surface area contributed by atoms with Crippen LogP contribution in [0.15, 0.2) is 36.5 Å². The monoisotopic (exact) mass is 165 g/mol. The molecule has 0 aliphatic rings. The molecule has 1 amide bonds. The highest BCUT2D eigenvalue weighted by Gasteiger charge is 2.01. The van der Waals surface area contributed by atoms with Crippen molar-refractivity contribution >= 4 is 5.91 Å². The summed E-state index contributed by atoms with van der Waals surface area (Å²) >= 11 is 0. The summed E-state index contributed by atoms with van der Waals surface area (Å²) in [4.78, 5) is 11.2. The van der Waals surface area contributed by atoms with Gasteiger partial charge in [0, 0.05) is 12.1 Å². The number of nitrogens with one attached hydrogen (secondary N) is 1. The van der Waals surface area contributed by atoms with Crippen molar-refractivity contribution in [3.05, 3.63) is 36.5 Å². The first-order valence-electron chi connectivity index (χ1n) is 3.99. The van der Waals surface area contributed by atoms with Crippen LogP contribution in [0.2, 0.25) is 0 Å². The summed E-state index contributed by atoms with van der Waals surface area (Å²) in [5, 5.41) is 2.71. The van der Waals surface area contributed by atoms with Crippen LogP contribution >= 0.6 is 0 Å². The van der Waals surface area contributed by atoms with Crippen LogP contribution in [0.3, 0.4) is 0 Å². The largest absolute Gasteiger partial charge is 0.352 e. The summed E-state index contributed by atoms with van der Waals surface area (Å²) in [5.41, 5.74) is 0.664. The maximum Gasteiger partial charge on any atom is 0.250 e. The maximum atomic E-state index is 11.2. The number of carbonyl (C=O) groups is 1. The summed E-state index contributed by atoms with van der Waals surface area (Å²) < 4.78 is 0. The Kier molecular flexibility index (Phi) is 5.70. The number of likely N-dealkylation sites (N-methyl/N-ethyl adjacent to an activating group) is 1. The molecule has 1 N–H and O–H groups in total. The lowest BCUT2D eigenvalue weighted by Gasteiger charge is -2.00. The molecule has 0 bridgehead atoms. The normalized spacial score (nSPS) is 11.7. The highest BCUT2D eigenvalue weighted by Crippen LogP contribution is 1.96. The lowest BCUT2D eigenvalue weighted by Crippen LogP contribution is -2.23. The minimum absolute atomic E-state index is 0.0434. The molecule has 0 unspecified atom stereocenters. The van der Waals surface area contributed by atoms with Crippen LogP contribution in [-0.2, 0) is 4.79 Å². The van der Waals surface area contributed by atoms with Crippen LogP contribution in [0.1, 0.15) is 13.8 Å². The molecule has 2 nitrogen and oxygen atoms in total. The summed E-state index contributed by atoms with van der Waals surface area (Å²) in [7, 11) is 0. The van der Waals surface area contributed by atoms with Gasteiger partial charge in [-0.3, -0.25) is 4.79 Å². The van der Waals surface area contributed by atoms with E-state index in [0.717, 1.165) is 0 Å². The topological polar surface area (TPSA) is 29.1 Å². The lowest BCUT2D eigenvalue weighted by molar-refractivity contribution is -0.117. The lowest BCUT2D eigenvalue weighted by atomic mass is 10.2. The second-order valence-corrected chi connectivity index (χ2v) is 2.20. The Morgan fingerprint density at radius 2 is 2.25 bits per heavy atom. The van der Waals surface area contributed by atoms with Crippen molar-refractivity contribution in [2.45, 2.75) is 13.8 Å². The van der Waals surface area contributed by atoms with Crippen molar-refractivity contribution in [2.75, 3.05) is 6.54 Å². The molecular formula is C10H15NO. The molecule has 0 aliphatic heterocycles. The Morgan fingerprint density at radius 1 is 1.58 bits per heavy atom. The second kappa shape index (κ2) is 6.40. The third-order valence-corrected chi connectivity index (χ3v) is 1.32. The zero-order valence-corrected chi connectivity index (χ0v) is 7.63. The predicted molar refractivity (Wildman–Crippen MR) is 51.8 cm³/mol. The van der Waals surface area contributed by atoms with Gasteiger partial charge in [-0.05, 0) is 19.9 Å². The van der Waals surface area contributed by atoms with E-state index in [9.17, 15) is 4.79 Å². The van der Waals surface area contributed by atoms with E-state index in [1.165, 1.54) is 0 Å². The smallest absolute Gasteiger partial charge is 0.250 e.